The van der Waals surface area contributed by atoms with Crippen LogP contribution in [-0.2, 0) is 4.74 Å². The van der Waals surface area contributed by atoms with Crippen LogP contribution in [0.15, 0.2) is 65.9 Å². The highest BCUT2D eigenvalue weighted by Crippen LogP contribution is 2.40. The van der Waals surface area contributed by atoms with E-state index in [1.165, 1.54) is 18.2 Å². The van der Waals surface area contributed by atoms with Gasteiger partial charge in [-0.1, -0.05) is 29.4 Å². The molecule has 0 radical (unpaired) electrons. The highest BCUT2D eigenvalue weighted by molar-refractivity contribution is 6.03. The number of aromatic nitrogens is 1. The van der Waals surface area contributed by atoms with Crippen molar-refractivity contribution in [1.82, 2.24) is 4.98 Å². The Hall–Kier alpha value is -3.88. The molecule has 2 atom stereocenters. The van der Waals surface area contributed by atoms with Gasteiger partial charge in [-0.05, 0) is 65.9 Å². The number of aryl methyl sites for hydroxylation is 1. The minimum Gasteiger partial charge on any atom is -0.411 e. The molecule has 190 valence electrons. The third-order valence-corrected chi connectivity index (χ3v) is 6.97. The molecule has 3 N–H and O–H groups in total. The molecule has 0 saturated carbocycles. The van der Waals surface area contributed by atoms with Crippen LogP contribution in [0.5, 0.6) is 0 Å². The number of anilines is 1. The van der Waals surface area contributed by atoms with E-state index in [2.05, 4.69) is 10.1 Å². The summed E-state index contributed by atoms with van der Waals surface area (Å²) in [5.41, 5.74) is 11.7. The lowest BCUT2D eigenvalue weighted by Crippen LogP contribution is -2.51. The Kier molecular flexibility index (Phi) is 6.86. The standard InChI is InChI=1S/C29H28F2N4O2/c1-17-10-19(12-20(30)11-17)23-14-33-27-7-6-18(21-4-3-5-25(31)24(21)15-34-36)13-22(27)29(23)35-9-8-26(32)28(16-35)37-2/h3-7,10-15,26,28,36H,8-9,16,32H2,1-2H3/b34-15-/t26-,28-/m1/s1. The summed E-state index contributed by atoms with van der Waals surface area (Å²) in [6, 6.07) is 15.2. The van der Waals surface area contributed by atoms with Crippen LogP contribution in [0, 0.1) is 18.6 Å². The molecular weight excluding hydrogens is 474 g/mol. The molecule has 0 bridgehead atoms. The summed E-state index contributed by atoms with van der Waals surface area (Å²) in [7, 11) is 1.65. The van der Waals surface area contributed by atoms with Gasteiger partial charge < -0.3 is 20.6 Å². The van der Waals surface area contributed by atoms with Crippen molar-refractivity contribution < 1.29 is 18.7 Å². The first-order valence-corrected chi connectivity index (χ1v) is 12.1. The molecular formula is C29H28F2N4O2. The number of pyridine rings is 1. The molecule has 6 nitrogen and oxygen atoms in total. The second-order valence-corrected chi connectivity index (χ2v) is 9.39. The number of halogens is 2. The smallest absolute Gasteiger partial charge is 0.132 e. The van der Waals surface area contributed by atoms with E-state index in [1.807, 2.05) is 31.2 Å². The first-order valence-electron chi connectivity index (χ1n) is 12.1. The van der Waals surface area contributed by atoms with E-state index in [1.54, 1.807) is 25.4 Å². The van der Waals surface area contributed by atoms with Crippen LogP contribution >= 0.6 is 0 Å². The quantitative estimate of drug-likeness (QED) is 0.213. The number of nitrogens with zero attached hydrogens (tertiary/aromatic N) is 3. The Morgan fingerprint density at radius 2 is 1.95 bits per heavy atom. The van der Waals surface area contributed by atoms with Crippen molar-refractivity contribution in [3.8, 4) is 22.3 Å². The minimum absolute atomic E-state index is 0.0857. The third-order valence-electron chi connectivity index (χ3n) is 6.97. The normalized spacial score (nSPS) is 18.1. The summed E-state index contributed by atoms with van der Waals surface area (Å²) >= 11 is 0. The average Bonchev–Trinajstić information content (AvgIpc) is 2.89. The number of fused-ring (bicyclic) bond motifs is 1. The number of nitrogens with two attached hydrogens (primary N) is 1. The molecule has 1 aliphatic rings. The van der Waals surface area contributed by atoms with Crippen molar-refractivity contribution in [3.05, 3.63) is 83.6 Å². The van der Waals surface area contributed by atoms with Gasteiger partial charge in [0.2, 0.25) is 0 Å². The fourth-order valence-corrected chi connectivity index (χ4v) is 5.15. The zero-order chi connectivity index (χ0) is 26.1. The van der Waals surface area contributed by atoms with E-state index in [0.29, 0.717) is 18.7 Å². The summed E-state index contributed by atoms with van der Waals surface area (Å²) in [6.45, 7) is 3.10. The van der Waals surface area contributed by atoms with Crippen molar-refractivity contribution in [2.24, 2.45) is 10.9 Å². The molecule has 0 amide bonds. The van der Waals surface area contributed by atoms with Crippen molar-refractivity contribution in [3.63, 3.8) is 0 Å². The summed E-state index contributed by atoms with van der Waals surface area (Å²) in [6.07, 6.45) is 3.42. The van der Waals surface area contributed by atoms with Gasteiger partial charge in [0.1, 0.15) is 11.6 Å². The van der Waals surface area contributed by atoms with Crippen LogP contribution in [0.3, 0.4) is 0 Å². The lowest BCUT2D eigenvalue weighted by atomic mass is 9.94. The molecule has 1 aliphatic heterocycles. The maximum absolute atomic E-state index is 14.6. The second-order valence-electron chi connectivity index (χ2n) is 9.39. The topological polar surface area (TPSA) is 84.0 Å². The molecule has 1 saturated heterocycles. The molecule has 37 heavy (non-hydrogen) atoms. The number of piperidine rings is 1. The van der Waals surface area contributed by atoms with Crippen LogP contribution in [0.2, 0.25) is 0 Å². The number of rotatable bonds is 5. The predicted octanol–water partition coefficient (Wildman–Crippen LogP) is 5.52. The summed E-state index contributed by atoms with van der Waals surface area (Å²) in [5, 5.41) is 13.0. The van der Waals surface area contributed by atoms with Crippen molar-refractivity contribution in [1.29, 1.82) is 0 Å². The van der Waals surface area contributed by atoms with Crippen LogP contribution in [0.25, 0.3) is 33.2 Å². The molecule has 1 aromatic heterocycles. The Morgan fingerprint density at radius 1 is 1.11 bits per heavy atom. The van der Waals surface area contributed by atoms with E-state index in [4.69, 9.17) is 20.7 Å². The molecule has 0 unspecified atom stereocenters. The number of hydrogen-bond acceptors (Lipinski definition) is 6. The van der Waals surface area contributed by atoms with Crippen molar-refractivity contribution in [2.75, 3.05) is 25.1 Å². The Balaban J connectivity index is 1.77. The fourth-order valence-electron chi connectivity index (χ4n) is 5.15. The number of ether oxygens (including phenoxy) is 1. The highest BCUT2D eigenvalue weighted by atomic mass is 19.1. The Labute approximate surface area is 214 Å². The van der Waals surface area contributed by atoms with Crippen LogP contribution < -0.4 is 10.6 Å². The van der Waals surface area contributed by atoms with E-state index >= 15 is 0 Å². The number of benzene rings is 3. The summed E-state index contributed by atoms with van der Waals surface area (Å²) in [4.78, 5) is 6.90. The zero-order valence-corrected chi connectivity index (χ0v) is 20.7. The van der Waals surface area contributed by atoms with Gasteiger partial charge in [-0.25, -0.2) is 8.78 Å². The zero-order valence-electron chi connectivity index (χ0n) is 20.7. The van der Waals surface area contributed by atoms with Crippen molar-refractivity contribution >= 4 is 22.8 Å². The predicted molar refractivity (Wildman–Crippen MR) is 142 cm³/mol. The van der Waals surface area contributed by atoms with E-state index in [9.17, 15) is 8.78 Å². The van der Waals surface area contributed by atoms with Gasteiger partial charge >= 0.3 is 0 Å². The largest absolute Gasteiger partial charge is 0.411 e. The van der Waals surface area contributed by atoms with Gasteiger partial charge in [0.25, 0.3) is 0 Å². The average molecular weight is 503 g/mol. The number of methoxy groups -OCH3 is 1. The molecule has 1 fully saturated rings. The Bertz CT molecular complexity index is 1470. The molecule has 3 aromatic carbocycles. The van der Waals surface area contributed by atoms with E-state index in [-0.39, 0.29) is 23.5 Å². The van der Waals surface area contributed by atoms with Crippen LogP contribution in [0.1, 0.15) is 17.5 Å². The highest BCUT2D eigenvalue weighted by Gasteiger charge is 2.29. The molecule has 4 aromatic rings. The maximum Gasteiger partial charge on any atom is 0.132 e. The summed E-state index contributed by atoms with van der Waals surface area (Å²) in [5.74, 6) is -0.816. The Morgan fingerprint density at radius 3 is 2.70 bits per heavy atom. The van der Waals surface area contributed by atoms with Gasteiger partial charge in [0.05, 0.1) is 23.5 Å². The van der Waals surface area contributed by atoms with E-state index in [0.717, 1.165) is 51.5 Å². The lowest BCUT2D eigenvalue weighted by molar-refractivity contribution is 0.0731. The first kappa shape index (κ1) is 24.8. The van der Waals surface area contributed by atoms with Gasteiger partial charge in [0.15, 0.2) is 0 Å². The maximum atomic E-state index is 14.6. The SMILES string of the molecule is CO[C@@H]1CN(c2c(-c3cc(C)cc(F)c3)cnc3ccc(-c4cccc(F)c4/C=N\O)cc23)CC[C@H]1N. The first-order chi connectivity index (χ1) is 17.9. The fraction of sp³-hybridized carbons (Fsp3) is 0.241. The molecule has 0 spiro atoms. The van der Waals surface area contributed by atoms with Gasteiger partial charge in [-0.2, -0.15) is 0 Å². The van der Waals surface area contributed by atoms with Gasteiger partial charge in [0, 0.05) is 49.0 Å². The van der Waals surface area contributed by atoms with Gasteiger partial charge in [-0.15, -0.1) is 0 Å². The van der Waals surface area contributed by atoms with E-state index < -0.39 is 5.82 Å². The molecule has 5 rings (SSSR count). The van der Waals surface area contributed by atoms with Crippen LogP contribution in [-0.4, -0.2) is 48.8 Å². The second kappa shape index (κ2) is 10.2. The summed E-state index contributed by atoms with van der Waals surface area (Å²) < 4.78 is 34.8. The molecule has 8 heteroatoms. The van der Waals surface area contributed by atoms with Crippen molar-refractivity contribution in [2.45, 2.75) is 25.5 Å². The third kappa shape index (κ3) is 4.77. The van der Waals surface area contributed by atoms with Gasteiger partial charge in [-0.3, -0.25) is 4.98 Å². The number of hydrogen-bond donors (Lipinski definition) is 2. The lowest BCUT2D eigenvalue weighted by Gasteiger charge is -2.38. The monoisotopic (exact) mass is 502 g/mol. The molecule has 0 aliphatic carbocycles. The number of oxime groups is 1. The molecule has 2 heterocycles. The van der Waals surface area contributed by atoms with Crippen LogP contribution in [0.4, 0.5) is 14.5 Å². The minimum atomic E-state index is -0.495.